The second kappa shape index (κ2) is 6.52. The highest BCUT2D eigenvalue weighted by Crippen LogP contribution is 2.16. The summed E-state index contributed by atoms with van der Waals surface area (Å²) in [6.45, 7) is 2.03. The number of hydrogen-bond donors (Lipinski definition) is 2. The Balaban J connectivity index is 2.27. The van der Waals surface area contributed by atoms with E-state index in [1.165, 1.54) is 0 Å². The van der Waals surface area contributed by atoms with Crippen LogP contribution >= 0.6 is 15.9 Å². The number of halogens is 1. The Hall–Kier alpha value is -1.88. The number of aromatic amines is 1. The molecule has 0 aliphatic rings. The van der Waals surface area contributed by atoms with Crippen LogP contribution in [0.1, 0.15) is 29.4 Å². The molecule has 20 heavy (non-hydrogen) atoms. The summed E-state index contributed by atoms with van der Waals surface area (Å²) in [5, 5.41) is 2.70. The smallest absolute Gasteiger partial charge is 0.261 e. The van der Waals surface area contributed by atoms with Gasteiger partial charge in [0.1, 0.15) is 5.56 Å². The highest BCUT2D eigenvalue weighted by Gasteiger charge is 2.13. The molecule has 2 aromatic rings. The highest BCUT2D eigenvalue weighted by molar-refractivity contribution is 9.10. The van der Waals surface area contributed by atoms with Crippen LogP contribution in [0.3, 0.4) is 0 Å². The first kappa shape index (κ1) is 14.5. The minimum absolute atomic E-state index is 0.0978. The number of anilines is 1. The van der Waals surface area contributed by atoms with E-state index in [1.807, 2.05) is 25.1 Å². The van der Waals surface area contributed by atoms with Crippen LogP contribution in [0.4, 0.5) is 5.69 Å². The van der Waals surface area contributed by atoms with Crippen molar-refractivity contribution in [3.05, 3.63) is 62.5 Å². The van der Waals surface area contributed by atoms with Gasteiger partial charge in [0.2, 0.25) is 0 Å². The maximum Gasteiger partial charge on any atom is 0.261 e. The first-order valence-electron chi connectivity index (χ1n) is 6.40. The molecule has 2 rings (SSSR count). The van der Waals surface area contributed by atoms with Crippen molar-refractivity contribution in [3.8, 4) is 0 Å². The predicted octanol–water partition coefficient (Wildman–Crippen LogP) is 3.34. The number of aromatic nitrogens is 1. The summed E-state index contributed by atoms with van der Waals surface area (Å²) >= 11 is 3.39. The van der Waals surface area contributed by atoms with Gasteiger partial charge in [0.25, 0.3) is 11.5 Å². The third kappa shape index (κ3) is 3.36. The summed E-state index contributed by atoms with van der Waals surface area (Å²) in [6.07, 6.45) is 1.68. The first-order valence-corrected chi connectivity index (χ1v) is 7.19. The molecule has 0 saturated heterocycles. The number of pyridine rings is 1. The molecule has 4 nitrogen and oxygen atoms in total. The molecule has 0 radical (unpaired) electrons. The lowest BCUT2D eigenvalue weighted by Crippen LogP contribution is -2.24. The molecular weight excluding hydrogens is 320 g/mol. The van der Waals surface area contributed by atoms with Crippen molar-refractivity contribution in [1.29, 1.82) is 0 Å². The van der Waals surface area contributed by atoms with Gasteiger partial charge < -0.3 is 10.3 Å². The summed E-state index contributed by atoms with van der Waals surface area (Å²) in [5.74, 6) is -0.416. The van der Waals surface area contributed by atoms with Gasteiger partial charge in [-0.1, -0.05) is 31.5 Å². The Bertz CT molecular complexity index is 665. The molecule has 0 fully saturated rings. The van der Waals surface area contributed by atoms with Gasteiger partial charge in [0.05, 0.1) is 0 Å². The second-order valence-electron chi connectivity index (χ2n) is 4.41. The van der Waals surface area contributed by atoms with E-state index in [1.54, 1.807) is 18.2 Å². The van der Waals surface area contributed by atoms with Crippen molar-refractivity contribution in [3.63, 3.8) is 0 Å². The number of benzene rings is 1. The van der Waals surface area contributed by atoms with Crippen molar-refractivity contribution in [2.24, 2.45) is 0 Å². The number of nitrogens with one attached hydrogen (secondary N) is 2. The lowest BCUT2D eigenvalue weighted by molar-refractivity contribution is 0.102. The topological polar surface area (TPSA) is 62.0 Å². The SMILES string of the molecule is CCCc1[nH]c(=O)c(C(=O)Nc2ccccc2)cc1Br. The number of hydrogen-bond acceptors (Lipinski definition) is 2. The molecule has 0 unspecified atom stereocenters. The fraction of sp³-hybridized carbons (Fsp3) is 0.200. The molecule has 2 N–H and O–H groups in total. The average Bonchev–Trinajstić information content (AvgIpc) is 2.43. The number of rotatable bonds is 4. The number of carbonyl (C=O) groups is 1. The van der Waals surface area contributed by atoms with Crippen molar-refractivity contribution < 1.29 is 4.79 Å². The summed E-state index contributed by atoms with van der Waals surface area (Å²) < 4.78 is 0.747. The summed E-state index contributed by atoms with van der Waals surface area (Å²) in [5.41, 5.74) is 1.20. The number of carbonyl (C=O) groups excluding carboxylic acids is 1. The Kier molecular flexibility index (Phi) is 4.74. The van der Waals surface area contributed by atoms with Gasteiger partial charge in [-0.3, -0.25) is 9.59 Å². The molecule has 1 aromatic heterocycles. The van der Waals surface area contributed by atoms with Crippen molar-refractivity contribution in [2.75, 3.05) is 5.32 Å². The standard InChI is InChI=1S/C15H15BrN2O2/c1-2-6-13-12(16)9-11(15(20)18-13)14(19)17-10-7-4-3-5-8-10/h3-5,7-9H,2,6H2,1H3,(H,17,19)(H,18,20). The minimum Gasteiger partial charge on any atom is -0.324 e. The Morgan fingerprint density at radius 2 is 2.00 bits per heavy atom. The zero-order valence-corrected chi connectivity index (χ0v) is 12.7. The molecule has 1 aromatic carbocycles. The fourth-order valence-electron chi connectivity index (χ4n) is 1.86. The van der Waals surface area contributed by atoms with E-state index in [0.717, 1.165) is 23.0 Å². The van der Waals surface area contributed by atoms with Crippen molar-refractivity contribution >= 4 is 27.5 Å². The lowest BCUT2D eigenvalue weighted by atomic mass is 10.2. The summed E-state index contributed by atoms with van der Waals surface area (Å²) in [4.78, 5) is 26.8. The van der Waals surface area contributed by atoms with Crippen LogP contribution in [0.2, 0.25) is 0 Å². The first-order chi connectivity index (χ1) is 9.61. The molecule has 104 valence electrons. The monoisotopic (exact) mass is 334 g/mol. The Labute approximate surface area is 125 Å². The second-order valence-corrected chi connectivity index (χ2v) is 5.26. The molecule has 0 aliphatic carbocycles. The number of para-hydroxylation sites is 1. The van der Waals surface area contributed by atoms with Crippen LogP contribution < -0.4 is 10.9 Å². The van der Waals surface area contributed by atoms with Crippen LogP contribution in [-0.4, -0.2) is 10.9 Å². The zero-order chi connectivity index (χ0) is 14.5. The quantitative estimate of drug-likeness (QED) is 0.900. The number of H-pyrrole nitrogens is 1. The van der Waals surface area contributed by atoms with Crippen molar-refractivity contribution in [2.45, 2.75) is 19.8 Å². The van der Waals surface area contributed by atoms with E-state index < -0.39 is 5.91 Å². The molecule has 1 heterocycles. The summed E-state index contributed by atoms with van der Waals surface area (Å²) in [7, 11) is 0. The molecule has 0 spiro atoms. The highest BCUT2D eigenvalue weighted by atomic mass is 79.9. The van der Waals surface area contributed by atoms with Gasteiger partial charge in [-0.25, -0.2) is 0 Å². The lowest BCUT2D eigenvalue weighted by Gasteiger charge is -2.07. The van der Waals surface area contributed by atoms with E-state index in [-0.39, 0.29) is 11.1 Å². The van der Waals surface area contributed by atoms with Gasteiger partial charge in [-0.15, -0.1) is 0 Å². The van der Waals surface area contributed by atoms with E-state index in [9.17, 15) is 9.59 Å². The normalized spacial score (nSPS) is 10.3. The zero-order valence-electron chi connectivity index (χ0n) is 11.1. The summed E-state index contributed by atoms with van der Waals surface area (Å²) in [6, 6.07) is 10.6. The molecule has 0 bridgehead atoms. The van der Waals surface area contributed by atoms with Gasteiger partial charge in [-0.05, 0) is 40.5 Å². The minimum atomic E-state index is -0.416. The van der Waals surface area contributed by atoms with Gasteiger partial charge in [-0.2, -0.15) is 0 Å². The Morgan fingerprint density at radius 3 is 2.65 bits per heavy atom. The van der Waals surface area contributed by atoms with E-state index in [0.29, 0.717) is 5.69 Å². The van der Waals surface area contributed by atoms with Crippen molar-refractivity contribution in [1.82, 2.24) is 4.98 Å². The van der Waals surface area contributed by atoms with Gasteiger partial charge >= 0.3 is 0 Å². The largest absolute Gasteiger partial charge is 0.324 e. The van der Waals surface area contributed by atoms with Crippen LogP contribution in [0.25, 0.3) is 0 Å². The van der Waals surface area contributed by atoms with Crippen LogP contribution in [0, 0.1) is 0 Å². The molecular formula is C15H15BrN2O2. The van der Waals surface area contributed by atoms with E-state index in [4.69, 9.17) is 0 Å². The molecule has 0 aliphatic heterocycles. The van der Waals surface area contributed by atoms with E-state index >= 15 is 0 Å². The molecule has 0 saturated carbocycles. The maximum absolute atomic E-state index is 12.1. The van der Waals surface area contributed by atoms with Crippen LogP contribution in [0.15, 0.2) is 45.7 Å². The van der Waals surface area contributed by atoms with Gasteiger partial charge in [0, 0.05) is 15.9 Å². The van der Waals surface area contributed by atoms with Gasteiger partial charge in [0.15, 0.2) is 0 Å². The average molecular weight is 335 g/mol. The van der Waals surface area contributed by atoms with E-state index in [2.05, 4.69) is 26.2 Å². The predicted molar refractivity (Wildman–Crippen MR) is 83.2 cm³/mol. The molecule has 0 atom stereocenters. The van der Waals surface area contributed by atoms with Crippen LogP contribution in [0.5, 0.6) is 0 Å². The van der Waals surface area contributed by atoms with Crippen LogP contribution in [-0.2, 0) is 6.42 Å². The third-order valence-electron chi connectivity index (χ3n) is 2.84. The maximum atomic E-state index is 12.1. The molecule has 1 amide bonds. The number of aryl methyl sites for hydroxylation is 1. The third-order valence-corrected chi connectivity index (χ3v) is 3.55. The Morgan fingerprint density at radius 1 is 1.30 bits per heavy atom. The fourth-order valence-corrected chi connectivity index (χ4v) is 2.39. The molecule has 5 heteroatoms. The number of amides is 1.